The van der Waals surface area contributed by atoms with Gasteiger partial charge in [-0.15, -0.1) is 0 Å². The first-order valence-electron chi connectivity index (χ1n) is 9.32. The van der Waals surface area contributed by atoms with Crippen LogP contribution in [0.5, 0.6) is 0 Å². The summed E-state index contributed by atoms with van der Waals surface area (Å²) >= 11 is 1.67. The van der Waals surface area contributed by atoms with Crippen molar-refractivity contribution in [1.82, 2.24) is 0 Å². The third-order valence-electron chi connectivity index (χ3n) is 4.33. The quantitative estimate of drug-likeness (QED) is 0.428. The zero-order valence-electron chi connectivity index (χ0n) is 16.7. The lowest BCUT2D eigenvalue weighted by atomic mass is 10.1. The number of rotatable bonds is 7. The molecule has 3 rings (SSSR count). The average molecular weight is 420 g/mol. The number of aldehydes is 1. The Hall–Kier alpha value is -3.38. The van der Waals surface area contributed by atoms with Crippen molar-refractivity contribution in [3.8, 4) is 0 Å². The van der Waals surface area contributed by atoms with Crippen LogP contribution in [0, 0.1) is 13.8 Å². The highest BCUT2D eigenvalue weighted by molar-refractivity contribution is 7.99. The molecule has 1 N–H and O–H groups in total. The van der Waals surface area contributed by atoms with Gasteiger partial charge in [0.15, 0.2) is 6.61 Å². The van der Waals surface area contributed by atoms with Crippen LogP contribution in [0.2, 0.25) is 0 Å². The largest absolute Gasteiger partial charge is 0.452 e. The highest BCUT2D eigenvalue weighted by Gasteiger charge is 2.11. The summed E-state index contributed by atoms with van der Waals surface area (Å²) in [6.45, 7) is 3.75. The molecule has 3 aromatic carbocycles. The van der Waals surface area contributed by atoms with Crippen molar-refractivity contribution in [2.24, 2.45) is 0 Å². The number of benzene rings is 3. The van der Waals surface area contributed by atoms with Gasteiger partial charge in [-0.3, -0.25) is 9.59 Å². The van der Waals surface area contributed by atoms with Gasteiger partial charge in [-0.05, 0) is 67.4 Å². The Morgan fingerprint density at radius 3 is 2.33 bits per heavy atom. The fraction of sp³-hybridized carbons (Fsp3) is 0.125. The van der Waals surface area contributed by atoms with Gasteiger partial charge in [-0.25, -0.2) is 4.79 Å². The summed E-state index contributed by atoms with van der Waals surface area (Å²) in [5.41, 5.74) is 3.79. The van der Waals surface area contributed by atoms with E-state index in [9.17, 15) is 14.4 Å². The van der Waals surface area contributed by atoms with Crippen LogP contribution in [0.1, 0.15) is 31.8 Å². The van der Waals surface area contributed by atoms with Gasteiger partial charge in [-0.1, -0.05) is 36.0 Å². The molecule has 152 valence electrons. The van der Waals surface area contributed by atoms with Gasteiger partial charge in [0.25, 0.3) is 5.91 Å². The second-order valence-corrected chi connectivity index (χ2v) is 7.87. The number of esters is 1. The average Bonchev–Trinajstić information content (AvgIpc) is 2.76. The third kappa shape index (κ3) is 5.81. The Bertz CT molecular complexity index is 1060. The molecule has 0 atom stereocenters. The van der Waals surface area contributed by atoms with E-state index in [-0.39, 0.29) is 5.56 Å². The summed E-state index contributed by atoms with van der Waals surface area (Å²) < 4.78 is 5.02. The van der Waals surface area contributed by atoms with Crippen molar-refractivity contribution in [1.29, 1.82) is 0 Å². The Morgan fingerprint density at radius 1 is 0.967 bits per heavy atom. The van der Waals surface area contributed by atoms with Gasteiger partial charge < -0.3 is 10.1 Å². The highest BCUT2D eigenvalue weighted by Crippen LogP contribution is 2.31. The molecule has 0 fully saturated rings. The molecule has 0 aliphatic rings. The van der Waals surface area contributed by atoms with E-state index in [4.69, 9.17) is 4.74 Å². The molecule has 6 heteroatoms. The molecule has 5 nitrogen and oxygen atoms in total. The standard InChI is InChI=1S/C24H21NO4S/c1-16-3-4-17(2)22(13-16)30-21-11-9-20(10-12-21)25-23(27)15-29-24(28)19-7-5-18(14-26)6-8-19/h3-14H,15H2,1-2H3,(H,25,27). The maximum Gasteiger partial charge on any atom is 0.338 e. The normalized spacial score (nSPS) is 10.3. The molecular weight excluding hydrogens is 398 g/mol. The van der Waals surface area contributed by atoms with E-state index in [1.165, 1.54) is 40.3 Å². The number of carbonyl (C=O) groups excluding carboxylic acids is 3. The second kappa shape index (κ2) is 9.89. The molecule has 0 saturated heterocycles. The first-order valence-corrected chi connectivity index (χ1v) is 10.1. The van der Waals surface area contributed by atoms with Gasteiger partial charge in [-0.2, -0.15) is 0 Å². The molecule has 0 heterocycles. The van der Waals surface area contributed by atoms with Crippen molar-refractivity contribution in [2.75, 3.05) is 11.9 Å². The minimum atomic E-state index is -0.622. The lowest BCUT2D eigenvalue weighted by molar-refractivity contribution is -0.119. The predicted octanol–water partition coefficient (Wildman–Crippen LogP) is 5.06. The summed E-state index contributed by atoms with van der Waals surface area (Å²) in [5, 5.41) is 2.71. The van der Waals surface area contributed by atoms with Crippen LogP contribution in [0.3, 0.4) is 0 Å². The Labute approximate surface area is 179 Å². The van der Waals surface area contributed by atoms with Gasteiger partial charge in [0, 0.05) is 21.0 Å². The summed E-state index contributed by atoms with van der Waals surface area (Å²) in [7, 11) is 0. The van der Waals surface area contributed by atoms with Gasteiger partial charge in [0.2, 0.25) is 0 Å². The molecule has 30 heavy (non-hydrogen) atoms. The van der Waals surface area contributed by atoms with E-state index in [0.29, 0.717) is 17.5 Å². The van der Waals surface area contributed by atoms with Gasteiger partial charge >= 0.3 is 5.97 Å². The van der Waals surface area contributed by atoms with Crippen molar-refractivity contribution in [2.45, 2.75) is 23.6 Å². The van der Waals surface area contributed by atoms with Crippen LogP contribution in [0.4, 0.5) is 5.69 Å². The molecular formula is C24H21NO4S. The number of anilines is 1. The summed E-state index contributed by atoms with van der Waals surface area (Å²) in [4.78, 5) is 36.9. The Kier molecular flexibility index (Phi) is 7.03. The maximum atomic E-state index is 12.1. The zero-order chi connectivity index (χ0) is 21.5. The molecule has 0 radical (unpaired) electrons. The molecule has 0 aliphatic carbocycles. The third-order valence-corrected chi connectivity index (χ3v) is 5.49. The maximum absolute atomic E-state index is 12.1. The number of amides is 1. The first kappa shape index (κ1) is 21.3. The minimum Gasteiger partial charge on any atom is -0.452 e. The topological polar surface area (TPSA) is 72.5 Å². The minimum absolute atomic E-state index is 0.279. The first-order chi connectivity index (χ1) is 14.4. The van der Waals surface area contributed by atoms with Crippen molar-refractivity contribution < 1.29 is 19.1 Å². The molecule has 0 unspecified atom stereocenters. The summed E-state index contributed by atoms with van der Waals surface area (Å²) in [5.74, 6) is -1.05. The molecule has 0 bridgehead atoms. The van der Waals surface area contributed by atoms with E-state index >= 15 is 0 Å². The van der Waals surface area contributed by atoms with Crippen molar-refractivity contribution in [3.63, 3.8) is 0 Å². The van der Waals surface area contributed by atoms with Crippen LogP contribution >= 0.6 is 11.8 Å². The highest BCUT2D eigenvalue weighted by atomic mass is 32.2. The van der Waals surface area contributed by atoms with Crippen LogP contribution in [0.15, 0.2) is 76.5 Å². The number of hydrogen-bond donors (Lipinski definition) is 1. The van der Waals surface area contributed by atoms with E-state index < -0.39 is 18.5 Å². The van der Waals surface area contributed by atoms with E-state index in [2.05, 4.69) is 37.4 Å². The molecule has 0 aromatic heterocycles. The van der Waals surface area contributed by atoms with Gasteiger partial charge in [0.1, 0.15) is 6.29 Å². The van der Waals surface area contributed by atoms with Crippen LogP contribution in [-0.4, -0.2) is 24.8 Å². The van der Waals surface area contributed by atoms with Gasteiger partial charge in [0.05, 0.1) is 5.56 Å². The molecule has 0 spiro atoms. The Balaban J connectivity index is 1.52. The van der Waals surface area contributed by atoms with Crippen LogP contribution in [-0.2, 0) is 9.53 Å². The van der Waals surface area contributed by atoms with E-state index in [1.807, 2.05) is 24.3 Å². The van der Waals surface area contributed by atoms with Crippen molar-refractivity contribution >= 4 is 35.6 Å². The smallest absolute Gasteiger partial charge is 0.338 e. The fourth-order valence-corrected chi connectivity index (χ4v) is 3.66. The van der Waals surface area contributed by atoms with Crippen molar-refractivity contribution in [3.05, 3.63) is 89.0 Å². The number of ether oxygens (including phenoxy) is 1. The van der Waals surface area contributed by atoms with Crippen LogP contribution < -0.4 is 5.32 Å². The SMILES string of the molecule is Cc1ccc(C)c(Sc2ccc(NC(=O)COC(=O)c3ccc(C=O)cc3)cc2)c1. The lowest BCUT2D eigenvalue weighted by Crippen LogP contribution is -2.20. The molecule has 0 aliphatic heterocycles. The Morgan fingerprint density at radius 2 is 1.67 bits per heavy atom. The summed E-state index contributed by atoms with van der Waals surface area (Å²) in [6, 6.07) is 19.8. The monoisotopic (exact) mass is 419 g/mol. The number of nitrogens with one attached hydrogen (secondary N) is 1. The predicted molar refractivity (Wildman–Crippen MR) is 117 cm³/mol. The molecule has 3 aromatic rings. The fourth-order valence-electron chi connectivity index (χ4n) is 2.66. The second-order valence-electron chi connectivity index (χ2n) is 6.76. The number of aryl methyl sites for hydroxylation is 2. The molecule has 0 saturated carbocycles. The lowest BCUT2D eigenvalue weighted by Gasteiger charge is -2.09. The zero-order valence-corrected chi connectivity index (χ0v) is 17.5. The number of hydrogen-bond acceptors (Lipinski definition) is 5. The molecule has 1 amide bonds. The number of carbonyl (C=O) groups is 3. The van der Waals surface area contributed by atoms with E-state index in [0.717, 1.165) is 4.90 Å². The van der Waals surface area contributed by atoms with Crippen LogP contribution in [0.25, 0.3) is 0 Å². The summed E-state index contributed by atoms with van der Waals surface area (Å²) in [6.07, 6.45) is 0.689. The van der Waals surface area contributed by atoms with E-state index in [1.54, 1.807) is 11.8 Å².